The van der Waals surface area contributed by atoms with E-state index in [2.05, 4.69) is 44.7 Å². The number of hydrogen-bond donors (Lipinski definition) is 2. The van der Waals surface area contributed by atoms with Crippen molar-refractivity contribution in [2.24, 2.45) is 17.3 Å². The van der Waals surface area contributed by atoms with E-state index in [1.807, 2.05) is 20.8 Å². The normalized spacial score (nSPS) is 25.9. The fraction of sp³-hybridized carbons (Fsp3) is 0.568. The van der Waals surface area contributed by atoms with Crippen LogP contribution in [0.2, 0.25) is 5.02 Å². The first-order chi connectivity index (χ1) is 28.1. The summed E-state index contributed by atoms with van der Waals surface area (Å²) < 4.78 is 28.3. The van der Waals surface area contributed by atoms with Gasteiger partial charge in [0.2, 0.25) is 11.8 Å². The lowest BCUT2D eigenvalue weighted by atomic mass is 9.92. The number of amides is 2. The molecule has 0 radical (unpaired) electrons. The Labute approximate surface area is 352 Å². The van der Waals surface area contributed by atoms with Gasteiger partial charge in [0, 0.05) is 58.0 Å². The summed E-state index contributed by atoms with van der Waals surface area (Å²) in [4.78, 5) is 70.4. The molecule has 5 rings (SSSR count). The molecule has 2 N–H and O–H groups in total. The third kappa shape index (κ3) is 13.0. The lowest BCUT2D eigenvalue weighted by Gasteiger charge is -2.34. The Morgan fingerprint density at radius 2 is 1.63 bits per heavy atom. The number of epoxide rings is 1. The van der Waals surface area contributed by atoms with E-state index < -0.39 is 47.4 Å². The maximum Gasteiger partial charge on any atom is 0.347 e. The molecular formula is C44H59ClN4O10. The van der Waals surface area contributed by atoms with E-state index in [0.29, 0.717) is 22.9 Å². The molecule has 6 atom stereocenters. The van der Waals surface area contributed by atoms with E-state index in [4.69, 9.17) is 35.3 Å². The summed E-state index contributed by atoms with van der Waals surface area (Å²) in [5, 5.41) is 5.93. The molecule has 0 unspecified atom stereocenters. The Balaban J connectivity index is 1.30. The number of cyclic esters (lactones) is 2. The van der Waals surface area contributed by atoms with Crippen molar-refractivity contribution in [3.05, 3.63) is 76.3 Å². The molecule has 2 aromatic carbocycles. The van der Waals surface area contributed by atoms with Crippen LogP contribution in [0.25, 0.3) is 0 Å². The highest BCUT2D eigenvalue weighted by atomic mass is 35.5. The summed E-state index contributed by atoms with van der Waals surface area (Å²) >= 11 is 6.36. The zero-order chi connectivity index (χ0) is 42.9. The first kappa shape index (κ1) is 45.6. The van der Waals surface area contributed by atoms with Crippen molar-refractivity contribution in [1.82, 2.24) is 20.4 Å². The van der Waals surface area contributed by atoms with Crippen molar-refractivity contribution >= 4 is 41.3 Å². The first-order valence-electron chi connectivity index (χ1n) is 20.3. The van der Waals surface area contributed by atoms with E-state index in [-0.39, 0.29) is 55.8 Å². The van der Waals surface area contributed by atoms with Crippen LogP contribution in [0, 0.1) is 17.3 Å². The Hall–Kier alpha value is -4.50. The van der Waals surface area contributed by atoms with Gasteiger partial charge in [0.05, 0.1) is 37.3 Å². The molecule has 3 aliphatic rings. The van der Waals surface area contributed by atoms with E-state index in [0.717, 1.165) is 43.9 Å². The van der Waals surface area contributed by atoms with Crippen molar-refractivity contribution in [2.75, 3.05) is 53.5 Å². The van der Waals surface area contributed by atoms with Gasteiger partial charge in [0.1, 0.15) is 24.0 Å². The number of piperazine rings is 1. The molecule has 0 saturated carbocycles. The number of esters is 3. The average molecular weight is 839 g/mol. The van der Waals surface area contributed by atoms with Crippen LogP contribution in [0.3, 0.4) is 0 Å². The lowest BCUT2D eigenvalue weighted by molar-refractivity contribution is -0.179. The van der Waals surface area contributed by atoms with Crippen molar-refractivity contribution in [2.45, 2.75) is 90.9 Å². The predicted octanol–water partition coefficient (Wildman–Crippen LogP) is 4.41. The Morgan fingerprint density at radius 3 is 2.27 bits per heavy atom. The first-order valence-corrected chi connectivity index (χ1v) is 20.7. The van der Waals surface area contributed by atoms with Gasteiger partial charge in [-0.2, -0.15) is 0 Å². The van der Waals surface area contributed by atoms with Gasteiger partial charge in [0.25, 0.3) is 0 Å². The second-order valence-electron chi connectivity index (χ2n) is 16.7. The predicted molar refractivity (Wildman–Crippen MR) is 220 cm³/mol. The third-order valence-corrected chi connectivity index (χ3v) is 11.3. The molecule has 322 valence electrons. The smallest absolute Gasteiger partial charge is 0.347 e. The van der Waals surface area contributed by atoms with Crippen molar-refractivity contribution in [3.8, 4) is 5.75 Å². The fourth-order valence-corrected chi connectivity index (χ4v) is 7.53. The van der Waals surface area contributed by atoms with Crippen LogP contribution < -0.4 is 15.4 Å². The number of rotatable bonds is 12. The molecule has 0 spiro atoms. The number of nitrogens with one attached hydrogen (secondary N) is 2. The van der Waals surface area contributed by atoms with Crippen LogP contribution in [-0.4, -0.2) is 117 Å². The van der Waals surface area contributed by atoms with Crippen LogP contribution in [-0.2, 0) is 55.9 Å². The van der Waals surface area contributed by atoms with Crippen molar-refractivity contribution in [3.63, 3.8) is 0 Å². The van der Waals surface area contributed by atoms with E-state index in [1.165, 1.54) is 20.3 Å². The van der Waals surface area contributed by atoms with Gasteiger partial charge in [-0.15, -0.1) is 0 Å². The highest BCUT2D eigenvalue weighted by Gasteiger charge is 2.48. The summed E-state index contributed by atoms with van der Waals surface area (Å²) in [6.07, 6.45) is 1.06. The summed E-state index contributed by atoms with van der Waals surface area (Å²) in [5.74, 6) is -2.43. The summed E-state index contributed by atoms with van der Waals surface area (Å²) in [7, 11) is 2.91. The second-order valence-corrected chi connectivity index (χ2v) is 17.1. The van der Waals surface area contributed by atoms with E-state index >= 15 is 0 Å². The van der Waals surface area contributed by atoms with Gasteiger partial charge < -0.3 is 34.3 Å². The number of carbonyl (C=O) groups excluding carboxylic acids is 5. The largest absolute Gasteiger partial charge is 0.495 e. The Kier molecular flexibility index (Phi) is 16.0. The summed E-state index contributed by atoms with van der Waals surface area (Å²) in [6, 6.07) is 12.4. The molecule has 59 heavy (non-hydrogen) atoms. The minimum atomic E-state index is -1.22. The van der Waals surface area contributed by atoms with Crippen LogP contribution in [0.5, 0.6) is 5.75 Å². The van der Waals surface area contributed by atoms with E-state index in [9.17, 15) is 24.0 Å². The molecule has 14 nitrogen and oxygen atoms in total. The van der Waals surface area contributed by atoms with Gasteiger partial charge in [0.15, 0.2) is 6.10 Å². The maximum atomic E-state index is 13.8. The number of hydrogen-bond acceptors (Lipinski definition) is 12. The highest BCUT2D eigenvalue weighted by molar-refractivity contribution is 6.32. The fourth-order valence-electron chi connectivity index (χ4n) is 7.25. The zero-order valence-corrected chi connectivity index (χ0v) is 35.9. The Morgan fingerprint density at radius 1 is 0.949 bits per heavy atom. The lowest BCUT2D eigenvalue weighted by Crippen LogP contribution is -2.51. The van der Waals surface area contributed by atoms with E-state index in [1.54, 1.807) is 38.1 Å². The second kappa shape index (κ2) is 20.7. The van der Waals surface area contributed by atoms with Crippen molar-refractivity contribution in [1.29, 1.82) is 0 Å². The van der Waals surface area contributed by atoms with Crippen LogP contribution in [0.15, 0.2) is 54.6 Å². The molecule has 3 aliphatic heterocycles. The number of nitrogens with zero attached hydrogens (tertiary/aromatic N) is 2. The van der Waals surface area contributed by atoms with Crippen LogP contribution in [0.4, 0.5) is 0 Å². The quantitative estimate of drug-likeness (QED) is 0.176. The minimum Gasteiger partial charge on any atom is -0.495 e. The molecule has 2 aromatic rings. The summed E-state index contributed by atoms with van der Waals surface area (Å²) in [5.41, 5.74) is 1.63. The van der Waals surface area contributed by atoms with Gasteiger partial charge in [-0.3, -0.25) is 29.0 Å². The SMILES string of the molecule is COC(=O)CN1CCN(Cc2ccc([C@H]3O[C@@H]3[C@@H](C)[C@@H]3C/C=C/C(=O)N[C@H](Cc4ccc(OC)c(Cl)c4)C(=O)NCC(C)(C)C(=O)O[C@@H](CC(C)C)C(=O)O3)cc2)CC1. The summed E-state index contributed by atoms with van der Waals surface area (Å²) in [6.45, 7) is 13.3. The molecular weight excluding hydrogens is 780 g/mol. The number of benzene rings is 2. The molecule has 0 aromatic heterocycles. The molecule has 2 saturated heterocycles. The van der Waals surface area contributed by atoms with Crippen LogP contribution in [0.1, 0.15) is 70.3 Å². The topological polar surface area (TPSA) is 165 Å². The minimum absolute atomic E-state index is 0.00395. The van der Waals surface area contributed by atoms with Gasteiger partial charge in [-0.05, 0) is 61.1 Å². The number of carbonyl (C=O) groups is 5. The standard InChI is InChI=1S/C44H59ClN4O10/c1-27(2)21-36-42(53)57-34(28(3)39-40(59-39)31-14-11-29(12-15-31)24-48-17-19-49(20-18-48)25-38(51)56-7)9-8-10-37(50)47-33(23-30-13-16-35(55-6)32(45)22-30)41(52)46-26-44(4,5)43(54)58-36/h8,10-16,22,27-28,33-34,36,39-40H,9,17-21,23-26H2,1-7H3,(H,46,52)(H,47,50)/b10-8+/t28-,33+,34-,36-,39+,40+/m0/s1. The zero-order valence-electron chi connectivity index (χ0n) is 35.2. The monoisotopic (exact) mass is 838 g/mol. The van der Waals surface area contributed by atoms with Crippen molar-refractivity contribution < 1.29 is 47.7 Å². The highest BCUT2D eigenvalue weighted by Crippen LogP contribution is 2.45. The maximum absolute atomic E-state index is 13.8. The molecule has 0 bridgehead atoms. The molecule has 0 aliphatic carbocycles. The number of ether oxygens (including phenoxy) is 5. The molecule has 15 heteroatoms. The van der Waals surface area contributed by atoms with Gasteiger partial charge >= 0.3 is 17.9 Å². The van der Waals surface area contributed by atoms with Gasteiger partial charge in [-0.25, -0.2) is 4.79 Å². The number of halogens is 1. The van der Waals surface area contributed by atoms with Gasteiger partial charge in [-0.1, -0.05) is 68.8 Å². The Bertz CT molecular complexity index is 1830. The van der Waals surface area contributed by atoms with Crippen LogP contribution >= 0.6 is 11.6 Å². The molecule has 3 heterocycles. The average Bonchev–Trinajstić information content (AvgIpc) is 4.00. The molecule has 2 fully saturated rings. The molecule has 2 amide bonds. The third-order valence-electron chi connectivity index (χ3n) is 11.0. The number of methoxy groups -OCH3 is 2.